The van der Waals surface area contributed by atoms with Crippen molar-refractivity contribution in [3.8, 4) is 5.75 Å². The first kappa shape index (κ1) is 25.5. The van der Waals surface area contributed by atoms with Gasteiger partial charge in [0.15, 0.2) is 6.61 Å². The highest BCUT2D eigenvalue weighted by Crippen LogP contribution is 2.24. The summed E-state index contributed by atoms with van der Waals surface area (Å²) in [5.41, 5.74) is 1.54. The van der Waals surface area contributed by atoms with E-state index in [-0.39, 0.29) is 19.1 Å². The first-order valence-corrected chi connectivity index (χ1v) is 11.6. The van der Waals surface area contributed by atoms with Crippen molar-refractivity contribution in [3.05, 3.63) is 99.8 Å². The average molecular weight is 503 g/mol. The quantitative estimate of drug-likeness (QED) is 0.409. The third-order valence-electron chi connectivity index (χ3n) is 5.15. The van der Waals surface area contributed by atoms with Gasteiger partial charge in [0.05, 0.1) is 0 Å². The second kappa shape index (κ2) is 12.4. The Labute approximate surface area is 208 Å². The number of carbonyl (C=O) groups excluding carboxylic acids is 2. The Bertz CT molecular complexity index is 1110. The lowest BCUT2D eigenvalue weighted by atomic mass is 10.0. The predicted molar refractivity (Wildman–Crippen MR) is 132 cm³/mol. The smallest absolute Gasteiger partial charge is 0.261 e. The van der Waals surface area contributed by atoms with E-state index >= 15 is 0 Å². The number of rotatable bonds is 10. The van der Waals surface area contributed by atoms with Gasteiger partial charge in [0, 0.05) is 29.6 Å². The second-order valence-electron chi connectivity index (χ2n) is 7.60. The van der Waals surface area contributed by atoms with Crippen LogP contribution >= 0.6 is 23.2 Å². The molecule has 0 aliphatic heterocycles. The molecule has 5 nitrogen and oxygen atoms in total. The van der Waals surface area contributed by atoms with Crippen molar-refractivity contribution in [3.63, 3.8) is 0 Å². The standard InChI is InChI=1S/C26H25Cl2FN2O3/c1-2-30-26(33)24(14-18-6-4-3-5-7-18)31(16-19-8-9-20(27)15-23(19)28)25(32)17-34-22-12-10-21(29)11-13-22/h3-13,15,24H,2,14,16-17H2,1H3,(H,30,33). The maximum atomic E-state index is 13.4. The van der Waals surface area contributed by atoms with Crippen LogP contribution in [0.25, 0.3) is 0 Å². The number of nitrogens with one attached hydrogen (secondary N) is 1. The van der Waals surface area contributed by atoms with E-state index in [9.17, 15) is 14.0 Å². The molecular formula is C26H25Cl2FN2O3. The van der Waals surface area contributed by atoms with Gasteiger partial charge in [0.25, 0.3) is 5.91 Å². The van der Waals surface area contributed by atoms with E-state index in [4.69, 9.17) is 27.9 Å². The molecule has 178 valence electrons. The van der Waals surface area contributed by atoms with E-state index in [1.807, 2.05) is 37.3 Å². The van der Waals surface area contributed by atoms with Crippen molar-refractivity contribution in [2.24, 2.45) is 0 Å². The Morgan fingerprint density at radius 2 is 1.74 bits per heavy atom. The Kier molecular flexibility index (Phi) is 9.31. The minimum absolute atomic E-state index is 0.0796. The van der Waals surface area contributed by atoms with Crippen LogP contribution in [0.2, 0.25) is 10.0 Å². The summed E-state index contributed by atoms with van der Waals surface area (Å²) in [6.07, 6.45) is 0.306. The molecule has 34 heavy (non-hydrogen) atoms. The summed E-state index contributed by atoms with van der Waals surface area (Å²) in [6.45, 7) is 1.98. The number of halogens is 3. The van der Waals surface area contributed by atoms with Gasteiger partial charge in [-0.2, -0.15) is 0 Å². The summed E-state index contributed by atoms with van der Waals surface area (Å²) in [7, 11) is 0. The first-order chi connectivity index (χ1) is 16.4. The molecule has 1 atom stereocenters. The maximum Gasteiger partial charge on any atom is 0.261 e. The Balaban J connectivity index is 1.91. The van der Waals surface area contributed by atoms with Gasteiger partial charge in [-0.25, -0.2) is 4.39 Å². The number of benzene rings is 3. The van der Waals surface area contributed by atoms with Crippen LogP contribution in [0.1, 0.15) is 18.1 Å². The summed E-state index contributed by atoms with van der Waals surface area (Å²) in [5, 5.41) is 3.68. The predicted octanol–water partition coefficient (Wildman–Crippen LogP) is 5.29. The SMILES string of the molecule is CCNC(=O)C(Cc1ccccc1)N(Cc1ccc(Cl)cc1Cl)C(=O)COc1ccc(F)cc1. The molecule has 8 heteroatoms. The highest BCUT2D eigenvalue weighted by Gasteiger charge is 2.31. The zero-order chi connectivity index (χ0) is 24.5. The topological polar surface area (TPSA) is 58.6 Å². The molecule has 3 rings (SSSR count). The zero-order valence-electron chi connectivity index (χ0n) is 18.6. The van der Waals surface area contributed by atoms with E-state index in [0.29, 0.717) is 34.3 Å². The van der Waals surface area contributed by atoms with Gasteiger partial charge in [-0.1, -0.05) is 59.6 Å². The van der Waals surface area contributed by atoms with E-state index < -0.39 is 17.8 Å². The molecule has 0 bridgehead atoms. The molecule has 1 unspecified atom stereocenters. The third-order valence-corrected chi connectivity index (χ3v) is 5.74. The monoisotopic (exact) mass is 502 g/mol. The first-order valence-electron chi connectivity index (χ1n) is 10.8. The summed E-state index contributed by atoms with van der Waals surface area (Å²) in [5.74, 6) is -0.761. The second-order valence-corrected chi connectivity index (χ2v) is 8.44. The van der Waals surface area contributed by atoms with Gasteiger partial charge < -0.3 is 15.0 Å². The van der Waals surface area contributed by atoms with Crippen LogP contribution in [-0.4, -0.2) is 35.9 Å². The Hall–Kier alpha value is -3.09. The van der Waals surface area contributed by atoms with Gasteiger partial charge in [-0.3, -0.25) is 9.59 Å². The average Bonchev–Trinajstić information content (AvgIpc) is 2.82. The van der Waals surface area contributed by atoms with Crippen molar-refractivity contribution in [1.29, 1.82) is 0 Å². The molecule has 0 aliphatic rings. The lowest BCUT2D eigenvalue weighted by Crippen LogP contribution is -2.51. The zero-order valence-corrected chi connectivity index (χ0v) is 20.2. The van der Waals surface area contributed by atoms with E-state index in [1.165, 1.54) is 29.2 Å². The van der Waals surface area contributed by atoms with Gasteiger partial charge >= 0.3 is 0 Å². The van der Waals surface area contributed by atoms with Gasteiger partial charge in [-0.15, -0.1) is 0 Å². The number of likely N-dealkylation sites (N-methyl/N-ethyl adjacent to an activating group) is 1. The van der Waals surface area contributed by atoms with E-state index in [1.54, 1.807) is 18.2 Å². The normalized spacial score (nSPS) is 11.5. The van der Waals surface area contributed by atoms with Crippen LogP contribution in [0.15, 0.2) is 72.8 Å². The van der Waals surface area contributed by atoms with E-state index in [2.05, 4.69) is 5.32 Å². The van der Waals surface area contributed by atoms with Gasteiger partial charge in [0.2, 0.25) is 5.91 Å². The fourth-order valence-corrected chi connectivity index (χ4v) is 3.91. The molecule has 1 N–H and O–H groups in total. The molecule has 0 aliphatic carbocycles. The lowest BCUT2D eigenvalue weighted by molar-refractivity contribution is -0.142. The summed E-state index contributed by atoms with van der Waals surface area (Å²) < 4.78 is 18.8. The molecule has 0 fully saturated rings. The van der Waals surface area contributed by atoms with Crippen LogP contribution in [-0.2, 0) is 22.6 Å². The fourth-order valence-electron chi connectivity index (χ4n) is 3.44. The summed E-state index contributed by atoms with van der Waals surface area (Å²) in [6, 6.07) is 19.0. The summed E-state index contributed by atoms with van der Waals surface area (Å²) >= 11 is 12.4. The minimum atomic E-state index is -0.807. The molecule has 0 aromatic heterocycles. The molecular weight excluding hydrogens is 478 g/mol. The number of carbonyl (C=O) groups is 2. The van der Waals surface area contributed by atoms with E-state index in [0.717, 1.165) is 5.56 Å². The molecule has 0 saturated carbocycles. The van der Waals surface area contributed by atoms with Crippen LogP contribution in [0, 0.1) is 5.82 Å². The largest absolute Gasteiger partial charge is 0.484 e. The number of hydrogen-bond donors (Lipinski definition) is 1. The molecule has 2 amide bonds. The molecule has 3 aromatic carbocycles. The van der Waals surface area contributed by atoms with Crippen molar-refractivity contribution in [2.75, 3.05) is 13.2 Å². The Morgan fingerprint density at radius 1 is 1.03 bits per heavy atom. The van der Waals surface area contributed by atoms with Crippen LogP contribution in [0.3, 0.4) is 0 Å². The molecule has 0 spiro atoms. The number of hydrogen-bond acceptors (Lipinski definition) is 3. The van der Waals surface area contributed by atoms with Gasteiger partial charge in [-0.05, 0) is 54.4 Å². The number of ether oxygens (including phenoxy) is 1. The number of amides is 2. The van der Waals surface area contributed by atoms with Crippen molar-refractivity contribution in [2.45, 2.75) is 25.9 Å². The molecule has 0 saturated heterocycles. The Morgan fingerprint density at radius 3 is 2.38 bits per heavy atom. The maximum absolute atomic E-state index is 13.4. The summed E-state index contributed by atoms with van der Waals surface area (Å²) in [4.78, 5) is 27.9. The molecule has 0 radical (unpaired) electrons. The van der Waals surface area contributed by atoms with Crippen LogP contribution in [0.4, 0.5) is 4.39 Å². The van der Waals surface area contributed by atoms with Crippen LogP contribution < -0.4 is 10.1 Å². The van der Waals surface area contributed by atoms with Crippen LogP contribution in [0.5, 0.6) is 5.75 Å². The molecule has 3 aromatic rings. The lowest BCUT2D eigenvalue weighted by Gasteiger charge is -2.31. The molecule has 0 heterocycles. The number of nitrogens with zero attached hydrogens (tertiary/aromatic N) is 1. The highest BCUT2D eigenvalue weighted by molar-refractivity contribution is 6.35. The highest BCUT2D eigenvalue weighted by atomic mass is 35.5. The fraction of sp³-hybridized carbons (Fsp3) is 0.231. The van der Waals surface area contributed by atoms with Crippen molar-refractivity contribution in [1.82, 2.24) is 10.2 Å². The third kappa shape index (κ3) is 7.20. The minimum Gasteiger partial charge on any atom is -0.484 e. The van der Waals surface area contributed by atoms with Crippen molar-refractivity contribution >= 4 is 35.0 Å². The van der Waals surface area contributed by atoms with Gasteiger partial charge in [0.1, 0.15) is 17.6 Å². The van der Waals surface area contributed by atoms with Crippen molar-refractivity contribution < 1.29 is 18.7 Å².